The van der Waals surface area contributed by atoms with E-state index in [9.17, 15) is 14.7 Å². The molecule has 0 aliphatic carbocycles. The lowest BCUT2D eigenvalue weighted by atomic mass is 10.0. The highest BCUT2D eigenvalue weighted by atomic mass is 16.6. The van der Waals surface area contributed by atoms with E-state index >= 15 is 0 Å². The minimum atomic E-state index is -0.493. The number of carbonyl (C=O) groups is 1. The molecule has 0 radical (unpaired) electrons. The van der Waals surface area contributed by atoms with Crippen molar-refractivity contribution in [3.8, 4) is 28.2 Å². The second kappa shape index (κ2) is 10.3. The van der Waals surface area contributed by atoms with Crippen LogP contribution in [-0.2, 0) is 11.3 Å². The number of hydrogen-bond donors (Lipinski definition) is 1. The smallest absolute Gasteiger partial charge is 0.410 e. The van der Waals surface area contributed by atoms with Gasteiger partial charge in [0.25, 0.3) is 0 Å². The Morgan fingerprint density at radius 3 is 2.24 bits per heavy atom. The first-order valence-corrected chi connectivity index (χ1v) is 12.8. The molecule has 0 unspecified atom stereocenters. The summed E-state index contributed by atoms with van der Waals surface area (Å²) in [5.41, 5.74) is 3.20. The summed E-state index contributed by atoms with van der Waals surface area (Å²) in [6.07, 6.45) is -0.258. The second-order valence-electron chi connectivity index (χ2n) is 10.6. The van der Waals surface area contributed by atoms with Crippen LogP contribution in [0.15, 0.2) is 82.0 Å². The highest BCUT2D eigenvalue weighted by Gasteiger charge is 2.25. The van der Waals surface area contributed by atoms with E-state index in [2.05, 4.69) is 17.0 Å². The molecule has 4 aromatic rings. The number of piperazine rings is 1. The average Bonchev–Trinajstić information content (AvgIpc) is 2.88. The molecule has 0 bridgehead atoms. The molecule has 0 saturated carbocycles. The molecule has 0 atom stereocenters. The molecule has 1 aliphatic heterocycles. The zero-order chi connectivity index (χ0) is 26.9. The summed E-state index contributed by atoms with van der Waals surface area (Å²) in [6.45, 7) is 9.25. The number of phenols is 1. The SMILES string of the molecule is CC(C)(C)OC(=O)N1CCN(Cc2ccc(-c3cc(O)c4c(=O)cc(-c5ccccc5)oc4c3)cc2)CC1. The highest BCUT2D eigenvalue weighted by molar-refractivity contribution is 5.89. The van der Waals surface area contributed by atoms with Gasteiger partial charge < -0.3 is 19.2 Å². The van der Waals surface area contributed by atoms with E-state index in [-0.39, 0.29) is 22.7 Å². The van der Waals surface area contributed by atoms with E-state index in [0.717, 1.165) is 41.9 Å². The predicted molar refractivity (Wildman–Crippen MR) is 148 cm³/mol. The van der Waals surface area contributed by atoms with Crippen molar-refractivity contribution in [1.82, 2.24) is 9.80 Å². The van der Waals surface area contributed by atoms with Crippen molar-refractivity contribution in [3.05, 3.63) is 88.6 Å². The fraction of sp³-hybridized carbons (Fsp3) is 0.290. The van der Waals surface area contributed by atoms with E-state index in [1.807, 2.05) is 63.2 Å². The third-order valence-corrected chi connectivity index (χ3v) is 6.59. The zero-order valence-corrected chi connectivity index (χ0v) is 21.9. The molecule has 7 nitrogen and oxygen atoms in total. The van der Waals surface area contributed by atoms with Gasteiger partial charge in [-0.3, -0.25) is 9.69 Å². The van der Waals surface area contributed by atoms with Crippen molar-refractivity contribution in [3.63, 3.8) is 0 Å². The van der Waals surface area contributed by atoms with Gasteiger partial charge in [0.05, 0.1) is 0 Å². The molecule has 196 valence electrons. The molecule has 5 rings (SSSR count). The maximum atomic E-state index is 12.7. The number of fused-ring (bicyclic) bond motifs is 1. The molecule has 2 heterocycles. The summed E-state index contributed by atoms with van der Waals surface area (Å²) in [5, 5.41) is 10.8. The number of aromatic hydroxyl groups is 1. The summed E-state index contributed by atoms with van der Waals surface area (Å²) in [5.74, 6) is 0.361. The first-order valence-electron chi connectivity index (χ1n) is 12.8. The zero-order valence-electron chi connectivity index (χ0n) is 21.9. The van der Waals surface area contributed by atoms with Gasteiger partial charge in [-0.05, 0) is 49.6 Å². The van der Waals surface area contributed by atoms with Crippen LogP contribution >= 0.6 is 0 Å². The van der Waals surface area contributed by atoms with Crippen molar-refractivity contribution in [2.45, 2.75) is 32.9 Å². The third-order valence-electron chi connectivity index (χ3n) is 6.59. The van der Waals surface area contributed by atoms with Crippen LogP contribution in [0.2, 0.25) is 0 Å². The number of amides is 1. The van der Waals surface area contributed by atoms with Gasteiger partial charge in [0.1, 0.15) is 28.1 Å². The van der Waals surface area contributed by atoms with Crippen LogP contribution < -0.4 is 5.43 Å². The topological polar surface area (TPSA) is 83.2 Å². The van der Waals surface area contributed by atoms with Crippen molar-refractivity contribution in [2.75, 3.05) is 26.2 Å². The van der Waals surface area contributed by atoms with Crippen molar-refractivity contribution in [1.29, 1.82) is 0 Å². The van der Waals surface area contributed by atoms with E-state index in [0.29, 0.717) is 24.4 Å². The Balaban J connectivity index is 1.30. The third kappa shape index (κ3) is 5.73. The lowest BCUT2D eigenvalue weighted by Gasteiger charge is -2.35. The fourth-order valence-electron chi connectivity index (χ4n) is 4.66. The van der Waals surface area contributed by atoms with Crippen molar-refractivity contribution < 1.29 is 19.1 Å². The van der Waals surface area contributed by atoms with E-state index in [4.69, 9.17) is 9.15 Å². The number of carbonyl (C=O) groups excluding carboxylic acids is 1. The molecular formula is C31H32N2O5. The lowest BCUT2D eigenvalue weighted by Crippen LogP contribution is -2.49. The van der Waals surface area contributed by atoms with Gasteiger partial charge in [-0.25, -0.2) is 4.79 Å². The molecular weight excluding hydrogens is 480 g/mol. The van der Waals surface area contributed by atoms with Gasteiger partial charge in [0.15, 0.2) is 5.43 Å². The molecule has 1 N–H and O–H groups in total. The van der Waals surface area contributed by atoms with Gasteiger partial charge in [-0.15, -0.1) is 0 Å². The highest BCUT2D eigenvalue weighted by Crippen LogP contribution is 2.32. The fourth-order valence-corrected chi connectivity index (χ4v) is 4.66. The van der Waals surface area contributed by atoms with Crippen LogP contribution in [0.5, 0.6) is 5.75 Å². The van der Waals surface area contributed by atoms with Gasteiger partial charge in [0, 0.05) is 44.4 Å². The van der Waals surface area contributed by atoms with Crippen molar-refractivity contribution >= 4 is 17.1 Å². The van der Waals surface area contributed by atoms with Crippen LogP contribution in [0.3, 0.4) is 0 Å². The maximum Gasteiger partial charge on any atom is 0.410 e. The second-order valence-corrected chi connectivity index (χ2v) is 10.6. The number of phenolic OH excluding ortho intramolecular Hbond substituents is 1. The van der Waals surface area contributed by atoms with Crippen molar-refractivity contribution in [2.24, 2.45) is 0 Å². The van der Waals surface area contributed by atoms with Crippen LogP contribution in [0, 0.1) is 0 Å². The Kier molecular flexibility index (Phi) is 6.95. The molecule has 1 saturated heterocycles. The molecule has 1 aliphatic rings. The number of rotatable bonds is 4. The molecule has 3 aromatic carbocycles. The number of hydrogen-bond acceptors (Lipinski definition) is 6. The standard InChI is InChI=1S/C31H32N2O5/c1-31(2,3)38-30(36)33-15-13-32(14-16-33)20-21-9-11-22(12-10-21)24-17-25(34)29-26(35)19-27(37-28(29)18-24)23-7-5-4-6-8-23/h4-12,17-19,34H,13-16,20H2,1-3H3. The van der Waals surface area contributed by atoms with E-state index < -0.39 is 5.60 Å². The molecule has 1 aromatic heterocycles. The minimum Gasteiger partial charge on any atom is -0.507 e. The number of benzene rings is 3. The number of ether oxygens (including phenoxy) is 1. The Hall–Kier alpha value is -4.10. The Labute approximate surface area is 221 Å². The lowest BCUT2D eigenvalue weighted by molar-refractivity contribution is 0.0139. The summed E-state index contributed by atoms with van der Waals surface area (Å²) < 4.78 is 11.5. The molecule has 1 amide bonds. The maximum absolute atomic E-state index is 12.7. The summed E-state index contributed by atoms with van der Waals surface area (Å²) in [7, 11) is 0. The molecule has 1 fully saturated rings. The summed E-state index contributed by atoms with van der Waals surface area (Å²) in [4.78, 5) is 29.1. The monoisotopic (exact) mass is 512 g/mol. The van der Waals surface area contributed by atoms with Crippen LogP contribution in [-0.4, -0.2) is 52.8 Å². The van der Waals surface area contributed by atoms with E-state index in [1.165, 1.54) is 6.07 Å². The Morgan fingerprint density at radius 1 is 0.895 bits per heavy atom. The Bertz CT molecular complexity index is 1500. The normalized spacial score (nSPS) is 14.6. The Morgan fingerprint density at radius 2 is 1.58 bits per heavy atom. The van der Waals surface area contributed by atoms with Gasteiger partial charge in [-0.1, -0.05) is 54.6 Å². The van der Waals surface area contributed by atoms with Gasteiger partial charge in [-0.2, -0.15) is 0 Å². The van der Waals surface area contributed by atoms with Crippen LogP contribution in [0.4, 0.5) is 4.79 Å². The largest absolute Gasteiger partial charge is 0.507 e. The van der Waals surface area contributed by atoms with E-state index in [1.54, 1.807) is 17.0 Å². The van der Waals surface area contributed by atoms with Crippen LogP contribution in [0.1, 0.15) is 26.3 Å². The first kappa shape index (κ1) is 25.5. The van der Waals surface area contributed by atoms with Gasteiger partial charge >= 0.3 is 6.09 Å². The minimum absolute atomic E-state index is 0.0993. The first-order chi connectivity index (χ1) is 18.2. The molecule has 7 heteroatoms. The quantitative estimate of drug-likeness (QED) is 0.367. The van der Waals surface area contributed by atoms with Crippen LogP contribution in [0.25, 0.3) is 33.4 Å². The number of nitrogens with zero attached hydrogens (tertiary/aromatic N) is 2. The molecule has 38 heavy (non-hydrogen) atoms. The summed E-state index contributed by atoms with van der Waals surface area (Å²) in [6, 6.07) is 22.4. The average molecular weight is 513 g/mol. The predicted octanol–water partition coefficient (Wildman–Crippen LogP) is 5.89. The van der Waals surface area contributed by atoms with Gasteiger partial charge in [0.2, 0.25) is 0 Å². The summed E-state index contributed by atoms with van der Waals surface area (Å²) >= 11 is 0. The molecule has 0 spiro atoms.